The van der Waals surface area contributed by atoms with Crippen molar-refractivity contribution in [1.29, 1.82) is 0 Å². The molecule has 102 valence electrons. The van der Waals surface area contributed by atoms with E-state index in [0.717, 1.165) is 22.6 Å². The van der Waals surface area contributed by atoms with E-state index in [9.17, 15) is 5.11 Å². The number of likely N-dealkylation sites (N-methyl/N-ethyl adjacent to an activating group) is 1. The zero-order chi connectivity index (χ0) is 13.9. The molecular formula is C14H23NO3. The zero-order valence-corrected chi connectivity index (χ0v) is 12.0. The van der Waals surface area contributed by atoms with Crippen LogP contribution in [0.15, 0.2) is 12.1 Å². The van der Waals surface area contributed by atoms with Crippen molar-refractivity contribution in [2.45, 2.75) is 32.4 Å². The van der Waals surface area contributed by atoms with Gasteiger partial charge in [-0.3, -0.25) is 0 Å². The first-order valence-electron chi connectivity index (χ1n) is 5.97. The van der Waals surface area contributed by atoms with Gasteiger partial charge in [-0.05, 0) is 45.5 Å². The van der Waals surface area contributed by atoms with Crippen LogP contribution in [0.25, 0.3) is 0 Å². The van der Waals surface area contributed by atoms with Gasteiger partial charge in [-0.15, -0.1) is 0 Å². The van der Waals surface area contributed by atoms with Crippen LogP contribution >= 0.6 is 0 Å². The number of aliphatic hydroxyl groups is 1. The van der Waals surface area contributed by atoms with Gasteiger partial charge in [-0.1, -0.05) is 0 Å². The fourth-order valence-electron chi connectivity index (χ4n) is 2.19. The summed E-state index contributed by atoms with van der Waals surface area (Å²) in [6.45, 7) is 5.49. The average Bonchev–Trinajstić information content (AvgIpc) is 2.29. The highest BCUT2D eigenvalue weighted by atomic mass is 16.5. The minimum absolute atomic E-state index is 0.234. The van der Waals surface area contributed by atoms with E-state index in [0.29, 0.717) is 0 Å². The third-order valence-electron chi connectivity index (χ3n) is 3.05. The van der Waals surface area contributed by atoms with Crippen LogP contribution < -0.4 is 14.8 Å². The molecule has 1 aromatic rings. The third-order valence-corrected chi connectivity index (χ3v) is 3.05. The number of rotatable bonds is 5. The highest BCUT2D eigenvalue weighted by molar-refractivity contribution is 5.48. The van der Waals surface area contributed by atoms with Crippen LogP contribution in [0.1, 0.15) is 31.0 Å². The Labute approximate surface area is 109 Å². The number of aryl methyl sites for hydroxylation is 1. The summed E-state index contributed by atoms with van der Waals surface area (Å²) in [5, 5.41) is 13.3. The molecule has 0 fully saturated rings. The molecule has 0 heterocycles. The van der Waals surface area contributed by atoms with Gasteiger partial charge in [-0.2, -0.15) is 0 Å². The maximum absolute atomic E-state index is 10.2. The molecule has 1 rings (SSSR count). The van der Waals surface area contributed by atoms with Crippen LogP contribution in [0, 0.1) is 6.92 Å². The molecule has 4 heteroatoms. The van der Waals surface area contributed by atoms with Crippen molar-refractivity contribution in [3.8, 4) is 11.5 Å². The number of benzene rings is 1. The Balaban J connectivity index is 3.36. The number of hydrogen-bond acceptors (Lipinski definition) is 4. The third kappa shape index (κ3) is 2.94. The molecule has 1 atom stereocenters. The fraction of sp³-hybridized carbons (Fsp3) is 0.571. The topological polar surface area (TPSA) is 50.7 Å². The average molecular weight is 253 g/mol. The summed E-state index contributed by atoms with van der Waals surface area (Å²) in [5.41, 5.74) is 0.987. The van der Waals surface area contributed by atoms with Crippen LogP contribution in [-0.2, 0) is 0 Å². The van der Waals surface area contributed by atoms with Crippen molar-refractivity contribution >= 4 is 0 Å². The Morgan fingerprint density at radius 1 is 1.17 bits per heavy atom. The van der Waals surface area contributed by atoms with Crippen LogP contribution in [0.2, 0.25) is 0 Å². The predicted octanol–water partition coefficient (Wildman–Crippen LogP) is 2.04. The Kier molecular flexibility index (Phi) is 4.59. The van der Waals surface area contributed by atoms with Crippen molar-refractivity contribution in [3.63, 3.8) is 0 Å². The Morgan fingerprint density at radius 2 is 1.72 bits per heavy atom. The minimum atomic E-state index is -0.900. The molecule has 0 amide bonds. The molecule has 0 aliphatic heterocycles. The van der Waals surface area contributed by atoms with Gasteiger partial charge in [0.15, 0.2) is 0 Å². The lowest BCUT2D eigenvalue weighted by Gasteiger charge is -2.31. The summed E-state index contributed by atoms with van der Waals surface area (Å²) in [4.78, 5) is 0. The summed E-state index contributed by atoms with van der Waals surface area (Å²) < 4.78 is 10.7. The van der Waals surface area contributed by atoms with Gasteiger partial charge in [0.2, 0.25) is 0 Å². The summed E-state index contributed by atoms with van der Waals surface area (Å²) in [5.74, 6) is 1.53. The maximum atomic E-state index is 10.2. The molecule has 2 N–H and O–H groups in total. The highest BCUT2D eigenvalue weighted by Crippen LogP contribution is 2.36. The van der Waals surface area contributed by atoms with Crippen molar-refractivity contribution in [2.75, 3.05) is 21.3 Å². The van der Waals surface area contributed by atoms with Crippen molar-refractivity contribution in [1.82, 2.24) is 5.32 Å². The van der Waals surface area contributed by atoms with E-state index >= 15 is 0 Å². The lowest BCUT2D eigenvalue weighted by molar-refractivity contribution is 0.0390. The fourth-order valence-corrected chi connectivity index (χ4v) is 2.19. The largest absolute Gasteiger partial charge is 0.496 e. The van der Waals surface area contributed by atoms with E-state index in [1.54, 1.807) is 28.1 Å². The molecule has 0 radical (unpaired) electrons. The summed E-state index contributed by atoms with van der Waals surface area (Å²) in [7, 11) is 5.08. The first-order valence-corrected chi connectivity index (χ1v) is 5.97. The van der Waals surface area contributed by atoms with E-state index in [1.165, 1.54) is 0 Å². The van der Waals surface area contributed by atoms with Crippen LogP contribution in [0.5, 0.6) is 11.5 Å². The second-order valence-corrected chi connectivity index (χ2v) is 4.94. The smallest absolute Gasteiger partial charge is 0.124 e. The Bertz CT molecular complexity index is 410. The minimum Gasteiger partial charge on any atom is -0.496 e. The van der Waals surface area contributed by atoms with Gasteiger partial charge in [0.1, 0.15) is 11.5 Å². The lowest BCUT2D eigenvalue weighted by atomic mass is 9.90. The quantitative estimate of drug-likeness (QED) is 0.843. The van der Waals surface area contributed by atoms with E-state index in [1.807, 2.05) is 26.1 Å². The molecule has 0 aromatic heterocycles. The SMILES string of the molecule is CNC(c1cc(OC)c(C)cc1OC)C(C)(C)O. The normalized spacial score (nSPS) is 13.3. The molecule has 0 aliphatic carbocycles. The van der Waals surface area contributed by atoms with Gasteiger partial charge in [0.25, 0.3) is 0 Å². The summed E-state index contributed by atoms with van der Waals surface area (Å²) >= 11 is 0. The van der Waals surface area contributed by atoms with Crippen LogP contribution in [-0.4, -0.2) is 32.0 Å². The second kappa shape index (κ2) is 5.59. The van der Waals surface area contributed by atoms with Crippen molar-refractivity contribution in [3.05, 3.63) is 23.3 Å². The summed E-state index contributed by atoms with van der Waals surface area (Å²) in [6, 6.07) is 3.60. The van der Waals surface area contributed by atoms with E-state index in [2.05, 4.69) is 5.32 Å². The predicted molar refractivity (Wildman–Crippen MR) is 72.4 cm³/mol. The maximum Gasteiger partial charge on any atom is 0.124 e. The first-order chi connectivity index (χ1) is 8.35. The van der Waals surface area contributed by atoms with E-state index in [4.69, 9.17) is 9.47 Å². The Morgan fingerprint density at radius 3 is 2.11 bits per heavy atom. The van der Waals surface area contributed by atoms with Gasteiger partial charge < -0.3 is 19.9 Å². The van der Waals surface area contributed by atoms with Crippen LogP contribution in [0.3, 0.4) is 0 Å². The van der Waals surface area contributed by atoms with Gasteiger partial charge in [-0.25, -0.2) is 0 Å². The highest BCUT2D eigenvalue weighted by Gasteiger charge is 2.30. The summed E-state index contributed by atoms with van der Waals surface area (Å²) in [6.07, 6.45) is 0. The number of ether oxygens (including phenoxy) is 2. The zero-order valence-electron chi connectivity index (χ0n) is 12.0. The molecule has 1 unspecified atom stereocenters. The first kappa shape index (κ1) is 14.8. The molecular weight excluding hydrogens is 230 g/mol. The van der Waals surface area contributed by atoms with Crippen LogP contribution in [0.4, 0.5) is 0 Å². The molecule has 0 spiro atoms. The van der Waals surface area contributed by atoms with Gasteiger partial charge in [0.05, 0.1) is 25.9 Å². The second-order valence-electron chi connectivity index (χ2n) is 4.94. The molecule has 0 aliphatic rings. The molecule has 4 nitrogen and oxygen atoms in total. The van der Waals surface area contributed by atoms with Gasteiger partial charge >= 0.3 is 0 Å². The van der Waals surface area contributed by atoms with E-state index in [-0.39, 0.29) is 6.04 Å². The number of hydrogen-bond donors (Lipinski definition) is 2. The molecule has 1 aromatic carbocycles. The standard InChI is InChI=1S/C14H23NO3/c1-9-7-12(18-6)10(8-11(9)17-5)13(15-4)14(2,3)16/h7-8,13,15-16H,1-6H3. The molecule has 18 heavy (non-hydrogen) atoms. The van der Waals surface area contributed by atoms with Gasteiger partial charge in [0, 0.05) is 5.56 Å². The molecule has 0 saturated heterocycles. The molecule has 0 saturated carbocycles. The van der Waals surface area contributed by atoms with Crippen molar-refractivity contribution in [2.24, 2.45) is 0 Å². The number of methoxy groups -OCH3 is 2. The molecule has 0 bridgehead atoms. The van der Waals surface area contributed by atoms with E-state index < -0.39 is 5.60 Å². The Hall–Kier alpha value is -1.26. The van der Waals surface area contributed by atoms with Crippen molar-refractivity contribution < 1.29 is 14.6 Å². The monoisotopic (exact) mass is 253 g/mol. The number of nitrogens with one attached hydrogen (secondary N) is 1. The lowest BCUT2D eigenvalue weighted by Crippen LogP contribution is -2.37.